The van der Waals surface area contributed by atoms with E-state index in [1.807, 2.05) is 0 Å². The van der Waals surface area contributed by atoms with Gasteiger partial charge in [0.15, 0.2) is 11.5 Å². The Kier molecular flexibility index (Phi) is 11.1. The number of hydrogen-bond acceptors (Lipinski definition) is 8. The molecule has 2 rings (SSSR count). The van der Waals surface area contributed by atoms with Crippen LogP contribution in [0.25, 0.3) is 0 Å². The predicted molar refractivity (Wildman–Crippen MR) is 145 cm³/mol. The van der Waals surface area contributed by atoms with Gasteiger partial charge in [0.2, 0.25) is 6.04 Å². The lowest BCUT2D eigenvalue weighted by Gasteiger charge is -2.40. The van der Waals surface area contributed by atoms with Gasteiger partial charge < -0.3 is 26.0 Å². The summed E-state index contributed by atoms with van der Waals surface area (Å²) in [5.74, 6) is -1.47. The minimum Gasteiger partial charge on any atom is -0.493 e. The molecule has 210 valence electrons. The van der Waals surface area contributed by atoms with E-state index in [0.29, 0.717) is 42.1 Å². The number of unbranched alkanes of at least 4 members (excludes halogenated alkanes) is 1. The molecule has 5 N–H and O–H groups in total. The van der Waals surface area contributed by atoms with Gasteiger partial charge in [-0.05, 0) is 61.7 Å². The number of nitrogens with two attached hydrogens (primary N) is 2. The summed E-state index contributed by atoms with van der Waals surface area (Å²) in [5.41, 5.74) is 12.4. The van der Waals surface area contributed by atoms with Crippen molar-refractivity contribution < 1.29 is 36.5 Å². The van der Waals surface area contributed by atoms with E-state index in [1.165, 1.54) is 38.5 Å². The van der Waals surface area contributed by atoms with Crippen LogP contribution >= 0.6 is 0 Å². The lowest BCUT2D eigenvalue weighted by Crippen LogP contribution is -2.66. The molecule has 0 bridgehead atoms. The zero-order valence-electron chi connectivity index (χ0n) is 22.6. The molecular weight excluding hydrogens is 510 g/mol. The number of anilines is 1. The number of methoxy groups -OCH3 is 2. The summed E-state index contributed by atoms with van der Waals surface area (Å²) in [6.07, 6.45) is 0.735. The molecule has 0 aliphatic carbocycles. The van der Waals surface area contributed by atoms with E-state index in [1.54, 1.807) is 32.0 Å². The minimum atomic E-state index is -4.52. The van der Waals surface area contributed by atoms with Gasteiger partial charge in [0.05, 0.1) is 20.6 Å². The number of amides is 1. The van der Waals surface area contributed by atoms with E-state index in [9.17, 15) is 23.1 Å². The first-order chi connectivity index (χ1) is 18.0. The van der Waals surface area contributed by atoms with Crippen molar-refractivity contribution in [1.82, 2.24) is 0 Å². The van der Waals surface area contributed by atoms with Crippen molar-refractivity contribution in [3.63, 3.8) is 0 Å². The number of nitrogen functional groups attached to an aromatic ring is 1. The number of carboxylic acid groups (broad SMARTS) is 1. The molecule has 0 saturated carbocycles. The Bertz CT molecular complexity index is 1200. The summed E-state index contributed by atoms with van der Waals surface area (Å²) in [7, 11) is -1.55. The van der Waals surface area contributed by atoms with Crippen LogP contribution in [0.5, 0.6) is 11.5 Å². The Balaban J connectivity index is 2.71. The van der Waals surface area contributed by atoms with Crippen molar-refractivity contribution in [2.24, 2.45) is 11.7 Å². The number of aliphatic carboxylic acids is 1. The van der Waals surface area contributed by atoms with Gasteiger partial charge in [0.25, 0.3) is 0 Å². The summed E-state index contributed by atoms with van der Waals surface area (Å²) in [4.78, 5) is 26.7. The number of nitrogens with zero attached hydrogens (tertiary/aromatic N) is 1. The van der Waals surface area contributed by atoms with E-state index in [2.05, 4.69) is 0 Å². The average molecular weight is 551 g/mol. The maximum atomic E-state index is 14.3. The van der Waals surface area contributed by atoms with Gasteiger partial charge in [-0.1, -0.05) is 26.0 Å². The number of carbonyl (C=O) groups is 2. The number of carbonyl (C=O) groups excluding carboxylic acids is 1. The highest BCUT2D eigenvalue weighted by Crippen LogP contribution is 2.36. The van der Waals surface area contributed by atoms with Crippen molar-refractivity contribution in [3.8, 4) is 11.5 Å². The molecule has 0 fully saturated rings. The Hall–Kier alpha value is -3.15. The Morgan fingerprint density at radius 2 is 1.68 bits per heavy atom. The first kappa shape index (κ1) is 31.1. The van der Waals surface area contributed by atoms with Gasteiger partial charge in [0.1, 0.15) is 11.4 Å². The molecule has 0 aliphatic heterocycles. The SMILES string of the molecule is COc1cccc(CCC(=O)[N+](CC(C)C)([C@@H](CCCCN)C(=O)O)S(=O)(=O)c2ccc(N)cc2)c1OC. The standard InChI is InChI=1S/C27H39N3O7S/c1-19(2)18-30(23(27(32)33)9-5-6-17-28,38(34,35)22-14-12-21(29)13-15-22)25(31)16-11-20-8-7-10-24(36-3)26(20)37-4/h7-8,10,12-15,19,23H,5-6,9,11,16-18,28-29H2,1-4H3/p+1/t23-,30?/m0/s1. The van der Waals surface area contributed by atoms with Crippen LogP contribution in [-0.2, 0) is 26.0 Å². The molecule has 0 aromatic heterocycles. The van der Waals surface area contributed by atoms with Crippen molar-refractivity contribution in [1.29, 1.82) is 0 Å². The summed E-state index contributed by atoms with van der Waals surface area (Å²) < 4.78 is 38.2. The number of hydrogen-bond donors (Lipinski definition) is 3. The highest BCUT2D eigenvalue weighted by molar-refractivity contribution is 7.86. The summed E-state index contributed by atoms with van der Waals surface area (Å²) >= 11 is 0. The maximum absolute atomic E-state index is 14.3. The molecule has 11 heteroatoms. The number of sulfonamides is 1. The molecule has 38 heavy (non-hydrogen) atoms. The van der Waals surface area contributed by atoms with E-state index < -0.39 is 31.8 Å². The van der Waals surface area contributed by atoms with Gasteiger partial charge in [-0.2, -0.15) is 8.42 Å². The largest absolute Gasteiger partial charge is 0.493 e. The molecule has 0 aliphatic rings. The zero-order chi connectivity index (χ0) is 28.5. The lowest BCUT2D eigenvalue weighted by molar-refractivity contribution is -0.753. The third-order valence-corrected chi connectivity index (χ3v) is 8.81. The fraction of sp³-hybridized carbons (Fsp3) is 0.481. The summed E-state index contributed by atoms with van der Waals surface area (Å²) in [6, 6.07) is 9.17. The number of ether oxygens (including phenoxy) is 2. The van der Waals surface area contributed by atoms with Crippen LogP contribution in [0.15, 0.2) is 47.4 Å². The quantitative estimate of drug-likeness (QED) is 0.172. The predicted octanol–water partition coefficient (Wildman–Crippen LogP) is 3.19. The highest BCUT2D eigenvalue weighted by Gasteiger charge is 2.58. The highest BCUT2D eigenvalue weighted by atomic mass is 32.2. The normalized spacial score (nSPS) is 14.1. The van der Waals surface area contributed by atoms with Crippen LogP contribution in [-0.4, -0.2) is 62.6 Å². The van der Waals surface area contributed by atoms with Crippen LogP contribution in [0.4, 0.5) is 5.69 Å². The van der Waals surface area contributed by atoms with E-state index in [4.69, 9.17) is 20.9 Å². The molecular formula is C27H40N3O7S+. The van der Waals surface area contributed by atoms with E-state index in [-0.39, 0.29) is 36.6 Å². The van der Waals surface area contributed by atoms with Gasteiger partial charge >= 0.3 is 21.9 Å². The Labute approximate surface area is 225 Å². The molecule has 0 heterocycles. The number of carboxylic acids is 1. The van der Waals surface area contributed by atoms with Gasteiger partial charge in [0, 0.05) is 18.0 Å². The molecule has 0 saturated heterocycles. The van der Waals surface area contributed by atoms with Crippen LogP contribution < -0.4 is 20.9 Å². The second-order valence-corrected chi connectivity index (χ2v) is 11.7. The summed E-state index contributed by atoms with van der Waals surface area (Å²) in [6.45, 7) is 3.65. The number of aryl methyl sites for hydroxylation is 1. The Morgan fingerprint density at radius 1 is 1.03 bits per heavy atom. The topological polar surface area (TPSA) is 159 Å². The van der Waals surface area contributed by atoms with Crippen molar-refractivity contribution in [2.75, 3.05) is 33.0 Å². The molecule has 2 atom stereocenters. The van der Waals surface area contributed by atoms with Gasteiger partial charge in [-0.3, -0.25) is 0 Å². The molecule has 2 aromatic rings. The van der Waals surface area contributed by atoms with Crippen LogP contribution in [0.2, 0.25) is 0 Å². The second-order valence-electron chi connectivity index (χ2n) is 9.60. The molecule has 1 amide bonds. The van der Waals surface area contributed by atoms with Crippen LogP contribution in [0.3, 0.4) is 0 Å². The zero-order valence-corrected chi connectivity index (χ0v) is 23.4. The monoisotopic (exact) mass is 550 g/mol. The number of benzene rings is 2. The Morgan fingerprint density at radius 3 is 2.21 bits per heavy atom. The third kappa shape index (κ3) is 6.64. The average Bonchev–Trinajstić information content (AvgIpc) is 2.88. The fourth-order valence-electron chi connectivity index (χ4n) is 4.75. The maximum Gasteiger partial charge on any atom is 0.364 e. The smallest absolute Gasteiger partial charge is 0.364 e. The van der Waals surface area contributed by atoms with Crippen LogP contribution in [0.1, 0.15) is 45.1 Å². The van der Waals surface area contributed by atoms with Crippen molar-refractivity contribution in [2.45, 2.75) is 56.9 Å². The first-order valence-electron chi connectivity index (χ1n) is 12.6. The third-order valence-electron chi connectivity index (χ3n) is 6.48. The van der Waals surface area contributed by atoms with E-state index in [0.717, 1.165) is 0 Å². The van der Waals surface area contributed by atoms with Gasteiger partial charge in [-0.25, -0.2) is 9.59 Å². The molecule has 0 radical (unpaired) electrons. The fourth-order valence-corrected chi connectivity index (χ4v) is 6.99. The van der Waals surface area contributed by atoms with Gasteiger partial charge in [-0.15, -0.1) is 3.89 Å². The number of rotatable bonds is 15. The minimum absolute atomic E-state index is 0.0261. The van der Waals surface area contributed by atoms with Crippen molar-refractivity contribution in [3.05, 3.63) is 48.0 Å². The second kappa shape index (κ2) is 13.6. The number of quaternary nitrogens is 1. The molecule has 1 unspecified atom stereocenters. The lowest BCUT2D eigenvalue weighted by atomic mass is 10.0. The van der Waals surface area contributed by atoms with Crippen molar-refractivity contribution >= 4 is 27.6 Å². The number of para-hydroxylation sites is 1. The first-order valence-corrected chi connectivity index (χ1v) is 14.0. The van der Waals surface area contributed by atoms with E-state index >= 15 is 0 Å². The molecule has 2 aromatic carbocycles. The van der Waals surface area contributed by atoms with Crippen LogP contribution in [0, 0.1) is 5.92 Å². The molecule has 0 spiro atoms. The summed E-state index contributed by atoms with van der Waals surface area (Å²) in [5, 5.41) is 10.3. The molecule has 10 nitrogen and oxygen atoms in total.